The Hall–Kier alpha value is -1.14. The van der Waals surface area contributed by atoms with E-state index in [1.807, 2.05) is 6.92 Å². The quantitative estimate of drug-likeness (QED) is 0.855. The van der Waals surface area contributed by atoms with Gasteiger partial charge < -0.3 is 15.2 Å². The van der Waals surface area contributed by atoms with E-state index >= 15 is 0 Å². The summed E-state index contributed by atoms with van der Waals surface area (Å²) in [6.07, 6.45) is -2.16. The predicted octanol–water partition coefficient (Wildman–Crippen LogP) is 4.21. The lowest BCUT2D eigenvalue weighted by atomic mass is 10.0. The van der Waals surface area contributed by atoms with Crippen molar-refractivity contribution in [3.8, 4) is 11.5 Å². The van der Waals surface area contributed by atoms with Crippen LogP contribution in [-0.4, -0.2) is 13.5 Å². The molecule has 0 saturated carbocycles. The molecule has 0 aliphatic heterocycles. The molecule has 0 amide bonds. The predicted molar refractivity (Wildman–Crippen MR) is 73.4 cm³/mol. The molecule has 1 atom stereocenters. The molecule has 7 heteroatoms. The molecule has 0 aromatic heterocycles. The van der Waals surface area contributed by atoms with Gasteiger partial charge in [0.1, 0.15) is 11.5 Å². The van der Waals surface area contributed by atoms with Gasteiger partial charge in [-0.3, -0.25) is 0 Å². The minimum Gasteiger partial charge on any atom is -0.496 e. The number of rotatable bonds is 6. The molecule has 0 heterocycles. The third-order valence-corrected chi connectivity index (χ3v) is 2.70. The number of benzene rings is 1. The van der Waals surface area contributed by atoms with E-state index in [4.69, 9.17) is 10.5 Å². The standard InChI is InChI=1S/C13H18F3NO2.ClH/c1-3-4-5-11(17)10-8-9(19-13(14,15)16)6-7-12(10)18-2;/h6-8,11H,3-5,17H2,1-2H3;1H/t11-;/m0./s1. The molecule has 0 bridgehead atoms. The summed E-state index contributed by atoms with van der Waals surface area (Å²) in [6.45, 7) is 2.02. The molecule has 0 saturated heterocycles. The van der Waals surface area contributed by atoms with Gasteiger partial charge in [-0.05, 0) is 24.6 Å². The summed E-state index contributed by atoms with van der Waals surface area (Å²) in [5, 5.41) is 0. The van der Waals surface area contributed by atoms with E-state index in [0.29, 0.717) is 17.7 Å². The summed E-state index contributed by atoms with van der Waals surface area (Å²) in [6, 6.07) is 3.56. The van der Waals surface area contributed by atoms with E-state index < -0.39 is 6.36 Å². The lowest BCUT2D eigenvalue weighted by molar-refractivity contribution is -0.274. The highest BCUT2D eigenvalue weighted by Crippen LogP contribution is 2.32. The van der Waals surface area contributed by atoms with Gasteiger partial charge in [0.15, 0.2) is 0 Å². The lowest BCUT2D eigenvalue weighted by Crippen LogP contribution is -2.18. The van der Waals surface area contributed by atoms with Crippen LogP contribution in [0.3, 0.4) is 0 Å². The van der Waals surface area contributed by atoms with Crippen LogP contribution >= 0.6 is 12.4 Å². The fourth-order valence-electron chi connectivity index (χ4n) is 1.78. The zero-order chi connectivity index (χ0) is 14.5. The number of hydrogen-bond donors (Lipinski definition) is 1. The van der Waals surface area contributed by atoms with Crippen molar-refractivity contribution in [1.29, 1.82) is 0 Å². The third kappa shape index (κ3) is 5.88. The molecule has 3 nitrogen and oxygen atoms in total. The summed E-state index contributed by atoms with van der Waals surface area (Å²) in [7, 11) is 1.45. The van der Waals surface area contributed by atoms with Crippen LogP contribution in [-0.2, 0) is 0 Å². The molecule has 0 aliphatic carbocycles. The van der Waals surface area contributed by atoms with Crippen molar-refractivity contribution in [3.63, 3.8) is 0 Å². The average Bonchev–Trinajstić information content (AvgIpc) is 2.34. The number of unbranched alkanes of at least 4 members (excludes halogenated alkanes) is 1. The number of nitrogens with two attached hydrogens (primary N) is 1. The Bertz CT molecular complexity index is 413. The fourth-order valence-corrected chi connectivity index (χ4v) is 1.78. The maximum Gasteiger partial charge on any atom is 0.573 e. The minimum atomic E-state index is -4.71. The van der Waals surface area contributed by atoms with Crippen LogP contribution in [0.4, 0.5) is 13.2 Å². The zero-order valence-electron chi connectivity index (χ0n) is 11.4. The lowest BCUT2D eigenvalue weighted by Gasteiger charge is -2.17. The Morgan fingerprint density at radius 3 is 2.45 bits per heavy atom. The van der Waals surface area contributed by atoms with Crippen LogP contribution in [0, 0.1) is 0 Å². The first-order chi connectivity index (χ1) is 8.87. The van der Waals surface area contributed by atoms with Crippen molar-refractivity contribution in [3.05, 3.63) is 23.8 Å². The highest BCUT2D eigenvalue weighted by molar-refractivity contribution is 5.85. The monoisotopic (exact) mass is 313 g/mol. The summed E-state index contributed by atoms with van der Waals surface area (Å²) in [5.74, 6) is 0.188. The van der Waals surface area contributed by atoms with E-state index in [0.717, 1.165) is 12.8 Å². The number of alkyl halides is 3. The maximum absolute atomic E-state index is 12.2. The van der Waals surface area contributed by atoms with Crippen molar-refractivity contribution < 1.29 is 22.6 Å². The molecule has 2 N–H and O–H groups in total. The zero-order valence-corrected chi connectivity index (χ0v) is 12.2. The molecule has 0 unspecified atom stereocenters. The Morgan fingerprint density at radius 2 is 1.95 bits per heavy atom. The molecule has 0 spiro atoms. The van der Waals surface area contributed by atoms with E-state index in [1.54, 1.807) is 0 Å². The fraction of sp³-hybridized carbons (Fsp3) is 0.538. The Labute approximate surface area is 122 Å². The van der Waals surface area contributed by atoms with Gasteiger partial charge in [-0.25, -0.2) is 0 Å². The summed E-state index contributed by atoms with van der Waals surface area (Å²) >= 11 is 0. The van der Waals surface area contributed by atoms with Crippen molar-refractivity contribution in [2.45, 2.75) is 38.6 Å². The summed E-state index contributed by atoms with van der Waals surface area (Å²) in [5.41, 5.74) is 6.50. The SMILES string of the molecule is CCCC[C@H](N)c1cc(OC(F)(F)F)ccc1OC.Cl. The Morgan fingerprint density at radius 1 is 1.30 bits per heavy atom. The van der Waals surface area contributed by atoms with Crippen molar-refractivity contribution in [2.24, 2.45) is 5.73 Å². The largest absolute Gasteiger partial charge is 0.573 e. The summed E-state index contributed by atoms with van der Waals surface area (Å²) < 4.78 is 45.5. The van der Waals surface area contributed by atoms with E-state index in [1.165, 1.54) is 25.3 Å². The van der Waals surface area contributed by atoms with Crippen LogP contribution in [0.2, 0.25) is 0 Å². The van der Waals surface area contributed by atoms with Crippen LogP contribution < -0.4 is 15.2 Å². The number of halogens is 4. The molecular weight excluding hydrogens is 295 g/mol. The third-order valence-electron chi connectivity index (χ3n) is 2.70. The van der Waals surface area contributed by atoms with Crippen LogP contribution in [0.25, 0.3) is 0 Å². The van der Waals surface area contributed by atoms with Gasteiger partial charge in [0.05, 0.1) is 7.11 Å². The van der Waals surface area contributed by atoms with Crippen LogP contribution in [0.5, 0.6) is 11.5 Å². The average molecular weight is 314 g/mol. The minimum absolute atomic E-state index is 0. The second kappa shape index (κ2) is 8.21. The Kier molecular flexibility index (Phi) is 7.75. The number of ether oxygens (including phenoxy) is 2. The number of hydrogen-bond acceptors (Lipinski definition) is 3. The molecule has 1 aromatic rings. The van der Waals surface area contributed by atoms with Crippen molar-refractivity contribution >= 4 is 12.4 Å². The van der Waals surface area contributed by atoms with Gasteiger partial charge in [-0.1, -0.05) is 19.8 Å². The summed E-state index contributed by atoms with van der Waals surface area (Å²) in [4.78, 5) is 0. The highest BCUT2D eigenvalue weighted by Gasteiger charge is 2.31. The smallest absolute Gasteiger partial charge is 0.496 e. The second-order valence-corrected chi connectivity index (χ2v) is 4.20. The van der Waals surface area contributed by atoms with Gasteiger partial charge in [-0.2, -0.15) is 0 Å². The van der Waals surface area contributed by atoms with Crippen molar-refractivity contribution in [2.75, 3.05) is 7.11 Å². The van der Waals surface area contributed by atoms with Gasteiger partial charge in [-0.15, -0.1) is 25.6 Å². The second-order valence-electron chi connectivity index (χ2n) is 4.20. The first-order valence-corrected chi connectivity index (χ1v) is 6.06. The molecule has 1 aromatic carbocycles. The van der Waals surface area contributed by atoms with E-state index in [9.17, 15) is 13.2 Å². The number of methoxy groups -OCH3 is 1. The van der Waals surface area contributed by atoms with E-state index in [2.05, 4.69) is 4.74 Å². The molecule has 0 fully saturated rings. The molecular formula is C13H19ClF3NO2. The molecule has 1 rings (SSSR count). The maximum atomic E-state index is 12.2. The van der Waals surface area contributed by atoms with E-state index in [-0.39, 0.29) is 24.2 Å². The van der Waals surface area contributed by atoms with Crippen molar-refractivity contribution in [1.82, 2.24) is 0 Å². The van der Waals surface area contributed by atoms with Gasteiger partial charge in [0.25, 0.3) is 0 Å². The Balaban J connectivity index is 0.00000361. The highest BCUT2D eigenvalue weighted by atomic mass is 35.5. The molecule has 0 aliphatic rings. The molecule has 116 valence electrons. The van der Waals surface area contributed by atoms with Crippen LogP contribution in [0.1, 0.15) is 37.8 Å². The van der Waals surface area contributed by atoms with Gasteiger partial charge in [0.2, 0.25) is 0 Å². The normalized spacial score (nSPS) is 12.5. The van der Waals surface area contributed by atoms with Crippen LogP contribution in [0.15, 0.2) is 18.2 Å². The molecule has 20 heavy (non-hydrogen) atoms. The first-order valence-electron chi connectivity index (χ1n) is 6.06. The first kappa shape index (κ1) is 18.9. The van der Waals surface area contributed by atoms with Gasteiger partial charge in [0, 0.05) is 11.6 Å². The topological polar surface area (TPSA) is 44.5 Å². The molecule has 0 radical (unpaired) electrons. The van der Waals surface area contributed by atoms with Gasteiger partial charge >= 0.3 is 6.36 Å².